The fourth-order valence-electron chi connectivity index (χ4n) is 1.36. The number of hydrogen-bond donors (Lipinski definition) is 1. The first kappa shape index (κ1) is 7.80. The van der Waals surface area contributed by atoms with Crippen LogP contribution in [0.3, 0.4) is 0 Å². The molecule has 2 N–H and O–H groups in total. The van der Waals surface area contributed by atoms with E-state index in [4.69, 9.17) is 5.73 Å². The molecule has 0 bridgehead atoms. The molecular weight excluding hydrogens is 152 g/mol. The van der Waals surface area contributed by atoms with Crippen LogP contribution in [0.1, 0.15) is 12.8 Å². The maximum Gasteiger partial charge on any atom is 0.241 e. The third-order valence-electron chi connectivity index (χ3n) is 2.40. The van der Waals surface area contributed by atoms with E-state index in [1.54, 1.807) is 4.90 Å². The molecule has 1 saturated heterocycles. The molecule has 3 nitrogen and oxygen atoms in total. The number of nitrogens with two attached hydrogens (primary N) is 1. The van der Waals surface area contributed by atoms with Crippen LogP contribution < -0.4 is 5.73 Å². The summed E-state index contributed by atoms with van der Waals surface area (Å²) in [4.78, 5) is 12.8. The Hall–Kier alpha value is -0.830. The molecule has 0 aromatic heterocycles. The Morgan fingerprint density at radius 3 is 2.83 bits per heavy atom. The quantitative estimate of drug-likeness (QED) is 0.478. The maximum atomic E-state index is 11.0. The van der Waals surface area contributed by atoms with Crippen LogP contribution in [-0.4, -0.2) is 29.9 Å². The number of hydrogen-bond acceptors (Lipinski definition) is 2. The van der Waals surface area contributed by atoms with Gasteiger partial charge in [0.1, 0.15) is 6.04 Å². The first-order chi connectivity index (χ1) is 5.77. The van der Waals surface area contributed by atoms with Crippen molar-refractivity contribution in [2.75, 3.05) is 13.1 Å². The van der Waals surface area contributed by atoms with Crippen LogP contribution in [0, 0.1) is 5.92 Å². The van der Waals surface area contributed by atoms with E-state index in [0.717, 1.165) is 19.0 Å². The minimum absolute atomic E-state index is 0.0930. The lowest BCUT2D eigenvalue weighted by atomic mass is 10.1. The van der Waals surface area contributed by atoms with Crippen LogP contribution >= 0.6 is 0 Å². The Kier molecular flexibility index (Phi) is 1.89. The van der Waals surface area contributed by atoms with E-state index in [1.165, 1.54) is 12.8 Å². The third-order valence-corrected chi connectivity index (χ3v) is 2.40. The lowest BCUT2D eigenvalue weighted by Gasteiger charge is -2.35. The molecule has 1 saturated carbocycles. The molecule has 2 aliphatic rings. The number of carbonyl (C=O) groups excluding carboxylic acids is 1. The highest BCUT2D eigenvalue weighted by atomic mass is 16.2. The standard InChI is InChI=1S/C9H14N2O/c10-8-6-11(9(8)12)5-1-2-7-3-4-7/h1-2,7-8H,3-6,10H2/b2-1+. The number of carbonyl (C=O) groups is 1. The van der Waals surface area contributed by atoms with Gasteiger partial charge in [-0.05, 0) is 18.8 Å². The largest absolute Gasteiger partial charge is 0.335 e. The van der Waals surface area contributed by atoms with Crippen molar-refractivity contribution in [1.29, 1.82) is 0 Å². The van der Waals surface area contributed by atoms with E-state index in [9.17, 15) is 4.79 Å². The number of likely N-dealkylation sites (tertiary alicyclic amines) is 1. The van der Waals surface area contributed by atoms with Gasteiger partial charge in [0.05, 0.1) is 0 Å². The average molecular weight is 166 g/mol. The number of β-lactam (4-membered cyclic amide) rings is 1. The van der Waals surface area contributed by atoms with Gasteiger partial charge in [0.15, 0.2) is 0 Å². The van der Waals surface area contributed by atoms with Crippen LogP contribution in [0.25, 0.3) is 0 Å². The highest BCUT2D eigenvalue weighted by Gasteiger charge is 2.32. The fourth-order valence-corrected chi connectivity index (χ4v) is 1.36. The van der Waals surface area contributed by atoms with Crippen molar-refractivity contribution in [3.63, 3.8) is 0 Å². The van der Waals surface area contributed by atoms with Crippen molar-refractivity contribution in [3.05, 3.63) is 12.2 Å². The van der Waals surface area contributed by atoms with Crippen molar-refractivity contribution in [2.45, 2.75) is 18.9 Å². The summed E-state index contributed by atoms with van der Waals surface area (Å²) in [5.74, 6) is 0.894. The summed E-state index contributed by atoms with van der Waals surface area (Å²) >= 11 is 0. The van der Waals surface area contributed by atoms with Gasteiger partial charge in [-0.3, -0.25) is 4.79 Å². The van der Waals surface area contributed by atoms with Gasteiger partial charge < -0.3 is 10.6 Å². The van der Waals surface area contributed by atoms with Crippen LogP contribution in [0.2, 0.25) is 0 Å². The second-order valence-corrected chi connectivity index (χ2v) is 3.62. The summed E-state index contributed by atoms with van der Waals surface area (Å²) in [5.41, 5.74) is 5.44. The molecule has 1 unspecified atom stereocenters. The normalized spacial score (nSPS) is 29.6. The molecule has 0 aromatic rings. The molecular formula is C9H14N2O. The monoisotopic (exact) mass is 166 g/mol. The molecule has 0 aromatic carbocycles. The highest BCUT2D eigenvalue weighted by molar-refractivity contribution is 5.87. The number of allylic oxidation sites excluding steroid dienone is 1. The minimum Gasteiger partial charge on any atom is -0.335 e. The third kappa shape index (κ3) is 1.50. The Morgan fingerprint density at radius 1 is 1.58 bits per heavy atom. The summed E-state index contributed by atoms with van der Waals surface area (Å²) < 4.78 is 0. The topological polar surface area (TPSA) is 46.3 Å². The van der Waals surface area contributed by atoms with E-state index in [0.29, 0.717) is 0 Å². The second-order valence-electron chi connectivity index (χ2n) is 3.62. The zero-order valence-electron chi connectivity index (χ0n) is 7.07. The van der Waals surface area contributed by atoms with Gasteiger partial charge in [0.25, 0.3) is 0 Å². The molecule has 0 radical (unpaired) electrons. The zero-order chi connectivity index (χ0) is 8.55. The molecule has 2 rings (SSSR count). The molecule has 66 valence electrons. The molecule has 0 spiro atoms. The van der Waals surface area contributed by atoms with E-state index >= 15 is 0 Å². The Bertz CT molecular complexity index is 221. The fraction of sp³-hybridized carbons (Fsp3) is 0.667. The number of amides is 1. The van der Waals surface area contributed by atoms with Gasteiger partial charge >= 0.3 is 0 Å². The van der Waals surface area contributed by atoms with Crippen LogP contribution in [0.15, 0.2) is 12.2 Å². The SMILES string of the molecule is NC1CN(C/C=C/C2CC2)C1=O. The predicted octanol–water partition coefficient (Wildman–Crippen LogP) is 0.122. The molecule has 12 heavy (non-hydrogen) atoms. The summed E-state index contributed by atoms with van der Waals surface area (Å²) in [6, 6.07) is -0.223. The Balaban J connectivity index is 1.70. The lowest BCUT2D eigenvalue weighted by molar-refractivity contribution is -0.141. The van der Waals surface area contributed by atoms with Gasteiger partial charge in [-0.25, -0.2) is 0 Å². The zero-order valence-corrected chi connectivity index (χ0v) is 7.07. The van der Waals surface area contributed by atoms with Gasteiger partial charge in [-0.1, -0.05) is 12.2 Å². The van der Waals surface area contributed by atoms with Crippen molar-refractivity contribution >= 4 is 5.91 Å². The molecule has 1 atom stereocenters. The predicted molar refractivity (Wildman–Crippen MR) is 46.4 cm³/mol. The van der Waals surface area contributed by atoms with Gasteiger partial charge in [0.2, 0.25) is 5.91 Å². The molecule has 3 heteroatoms. The summed E-state index contributed by atoms with van der Waals surface area (Å²) in [5, 5.41) is 0. The maximum absolute atomic E-state index is 11.0. The molecule has 1 heterocycles. The lowest BCUT2D eigenvalue weighted by Crippen LogP contribution is -2.60. The van der Waals surface area contributed by atoms with Crippen LogP contribution in [0.4, 0.5) is 0 Å². The van der Waals surface area contributed by atoms with E-state index < -0.39 is 0 Å². The number of rotatable bonds is 3. The first-order valence-electron chi connectivity index (χ1n) is 4.48. The van der Waals surface area contributed by atoms with Crippen molar-refractivity contribution < 1.29 is 4.79 Å². The van der Waals surface area contributed by atoms with E-state index in [2.05, 4.69) is 12.2 Å². The van der Waals surface area contributed by atoms with Crippen molar-refractivity contribution in [3.8, 4) is 0 Å². The number of nitrogens with zero attached hydrogens (tertiary/aromatic N) is 1. The molecule has 1 amide bonds. The summed E-state index contributed by atoms with van der Waals surface area (Å²) in [6.45, 7) is 1.48. The van der Waals surface area contributed by atoms with Crippen molar-refractivity contribution in [2.24, 2.45) is 11.7 Å². The van der Waals surface area contributed by atoms with Crippen molar-refractivity contribution in [1.82, 2.24) is 4.90 Å². The molecule has 1 aliphatic carbocycles. The molecule has 1 aliphatic heterocycles. The smallest absolute Gasteiger partial charge is 0.241 e. The highest BCUT2D eigenvalue weighted by Crippen LogP contribution is 2.29. The van der Waals surface area contributed by atoms with Gasteiger partial charge in [-0.2, -0.15) is 0 Å². The first-order valence-corrected chi connectivity index (χ1v) is 4.48. The minimum atomic E-state index is -0.223. The average Bonchev–Trinajstić information content (AvgIpc) is 2.86. The second kappa shape index (κ2) is 2.90. The van der Waals surface area contributed by atoms with E-state index in [-0.39, 0.29) is 11.9 Å². The van der Waals surface area contributed by atoms with Gasteiger partial charge in [-0.15, -0.1) is 0 Å². The van der Waals surface area contributed by atoms with Gasteiger partial charge in [0, 0.05) is 13.1 Å². The van der Waals surface area contributed by atoms with Crippen LogP contribution in [0.5, 0.6) is 0 Å². The van der Waals surface area contributed by atoms with E-state index in [1.807, 2.05) is 0 Å². The molecule has 2 fully saturated rings. The Morgan fingerprint density at radius 2 is 2.33 bits per heavy atom. The summed E-state index contributed by atoms with van der Waals surface area (Å²) in [7, 11) is 0. The Labute approximate surface area is 72.2 Å². The van der Waals surface area contributed by atoms with Crippen LogP contribution in [-0.2, 0) is 4.79 Å². The summed E-state index contributed by atoms with van der Waals surface area (Å²) in [6.07, 6.45) is 6.94.